The molecule has 3 rings (SSSR count). The maximum Gasteiger partial charge on any atom is 0.339 e. The SMILES string of the molecule is O=C(O)c1ccoc1CN1CCC(Cc2cccc(F)c2)CC1. The second-order valence-electron chi connectivity index (χ2n) is 6.12. The lowest BCUT2D eigenvalue weighted by atomic mass is 9.90. The van der Waals surface area contributed by atoms with Crippen molar-refractivity contribution in [1.29, 1.82) is 0 Å². The Balaban J connectivity index is 1.52. The van der Waals surface area contributed by atoms with E-state index in [1.165, 1.54) is 18.4 Å². The molecule has 1 aliphatic heterocycles. The van der Waals surface area contributed by atoms with Gasteiger partial charge in [0.25, 0.3) is 0 Å². The Bertz CT molecular complexity index is 674. The summed E-state index contributed by atoms with van der Waals surface area (Å²) in [6.07, 6.45) is 4.38. The van der Waals surface area contributed by atoms with Gasteiger partial charge in [-0.3, -0.25) is 4.90 Å². The van der Waals surface area contributed by atoms with E-state index in [9.17, 15) is 9.18 Å². The molecule has 0 spiro atoms. The number of hydrogen-bond donors (Lipinski definition) is 1. The maximum atomic E-state index is 13.2. The minimum Gasteiger partial charge on any atom is -0.478 e. The highest BCUT2D eigenvalue weighted by Crippen LogP contribution is 2.24. The summed E-state index contributed by atoms with van der Waals surface area (Å²) in [5.41, 5.74) is 1.29. The van der Waals surface area contributed by atoms with Gasteiger partial charge in [-0.15, -0.1) is 0 Å². The van der Waals surface area contributed by atoms with E-state index in [0.29, 0.717) is 18.2 Å². The number of carboxylic acid groups (broad SMARTS) is 1. The normalized spacial score (nSPS) is 16.6. The summed E-state index contributed by atoms with van der Waals surface area (Å²) < 4.78 is 18.5. The third kappa shape index (κ3) is 3.99. The lowest BCUT2D eigenvalue weighted by molar-refractivity contribution is 0.0691. The molecule has 23 heavy (non-hydrogen) atoms. The molecule has 0 atom stereocenters. The van der Waals surface area contributed by atoms with Gasteiger partial charge < -0.3 is 9.52 Å². The van der Waals surface area contributed by atoms with Crippen LogP contribution in [0.15, 0.2) is 41.0 Å². The van der Waals surface area contributed by atoms with E-state index in [4.69, 9.17) is 9.52 Å². The van der Waals surface area contributed by atoms with Gasteiger partial charge in [-0.25, -0.2) is 9.18 Å². The fraction of sp³-hybridized carbons (Fsp3) is 0.389. The Morgan fingerprint density at radius 1 is 1.30 bits per heavy atom. The zero-order chi connectivity index (χ0) is 16.2. The number of hydrogen-bond acceptors (Lipinski definition) is 3. The van der Waals surface area contributed by atoms with Crippen LogP contribution in [0.4, 0.5) is 4.39 Å². The molecule has 0 aliphatic carbocycles. The van der Waals surface area contributed by atoms with Crippen LogP contribution in [-0.4, -0.2) is 29.1 Å². The number of nitrogens with zero attached hydrogens (tertiary/aromatic N) is 1. The molecule has 0 radical (unpaired) electrons. The maximum absolute atomic E-state index is 13.2. The molecule has 122 valence electrons. The highest BCUT2D eigenvalue weighted by atomic mass is 19.1. The van der Waals surface area contributed by atoms with Gasteiger partial charge in [-0.2, -0.15) is 0 Å². The molecule has 1 aliphatic rings. The summed E-state index contributed by atoms with van der Waals surface area (Å²) in [6.45, 7) is 2.33. The average molecular weight is 317 g/mol. The van der Waals surface area contributed by atoms with Gasteiger partial charge in [0, 0.05) is 0 Å². The molecule has 1 saturated heterocycles. The minimum absolute atomic E-state index is 0.182. The first kappa shape index (κ1) is 15.7. The molecule has 0 bridgehead atoms. The summed E-state index contributed by atoms with van der Waals surface area (Å²) in [6, 6.07) is 8.29. The molecular formula is C18H20FNO3. The first-order valence-electron chi connectivity index (χ1n) is 7.88. The van der Waals surface area contributed by atoms with Crippen molar-refractivity contribution in [2.75, 3.05) is 13.1 Å². The van der Waals surface area contributed by atoms with E-state index in [0.717, 1.165) is 37.9 Å². The molecule has 5 heteroatoms. The lowest BCUT2D eigenvalue weighted by Crippen LogP contribution is -2.34. The van der Waals surface area contributed by atoms with Gasteiger partial charge in [0.05, 0.1) is 12.8 Å². The quantitative estimate of drug-likeness (QED) is 0.916. The lowest BCUT2D eigenvalue weighted by Gasteiger charge is -2.31. The summed E-state index contributed by atoms with van der Waals surface area (Å²) in [7, 11) is 0. The number of halogens is 1. The standard InChI is InChI=1S/C18H20FNO3/c19-15-3-1-2-14(11-15)10-13-4-7-20(8-5-13)12-17-16(18(21)22)6-9-23-17/h1-3,6,9,11,13H,4-5,7-8,10,12H2,(H,21,22). The van der Waals surface area contributed by atoms with Crippen molar-refractivity contribution in [2.45, 2.75) is 25.8 Å². The molecule has 2 heterocycles. The number of rotatable bonds is 5. The Labute approximate surface area is 134 Å². The second kappa shape index (κ2) is 6.96. The monoisotopic (exact) mass is 317 g/mol. The van der Waals surface area contributed by atoms with Crippen LogP contribution in [0.25, 0.3) is 0 Å². The molecule has 4 nitrogen and oxygen atoms in total. The fourth-order valence-corrected chi connectivity index (χ4v) is 3.20. The van der Waals surface area contributed by atoms with E-state index in [-0.39, 0.29) is 11.4 Å². The van der Waals surface area contributed by atoms with E-state index in [2.05, 4.69) is 4.90 Å². The molecule has 0 amide bonds. The predicted molar refractivity (Wildman–Crippen MR) is 83.8 cm³/mol. The highest BCUT2D eigenvalue weighted by Gasteiger charge is 2.22. The molecular weight excluding hydrogens is 297 g/mol. The predicted octanol–water partition coefficient (Wildman–Crippen LogP) is 3.57. The molecule has 1 N–H and O–H groups in total. The number of aromatic carboxylic acids is 1. The smallest absolute Gasteiger partial charge is 0.339 e. The Kier molecular flexibility index (Phi) is 4.76. The van der Waals surface area contributed by atoms with Crippen molar-refractivity contribution >= 4 is 5.97 Å². The Morgan fingerprint density at radius 2 is 2.09 bits per heavy atom. The van der Waals surface area contributed by atoms with Crippen molar-refractivity contribution < 1.29 is 18.7 Å². The Morgan fingerprint density at radius 3 is 2.78 bits per heavy atom. The summed E-state index contributed by atoms with van der Waals surface area (Å²) in [5.74, 6) is -0.0710. The van der Waals surface area contributed by atoms with Crippen molar-refractivity contribution in [3.63, 3.8) is 0 Å². The van der Waals surface area contributed by atoms with E-state index in [1.54, 1.807) is 12.1 Å². The molecule has 1 aromatic carbocycles. The van der Waals surface area contributed by atoms with E-state index < -0.39 is 5.97 Å². The number of carboxylic acids is 1. The van der Waals surface area contributed by atoms with E-state index in [1.807, 2.05) is 6.07 Å². The van der Waals surface area contributed by atoms with Crippen LogP contribution < -0.4 is 0 Å². The average Bonchev–Trinajstić information content (AvgIpc) is 2.98. The third-order valence-corrected chi connectivity index (χ3v) is 4.46. The molecule has 2 aromatic rings. The number of carbonyl (C=O) groups is 1. The van der Waals surface area contributed by atoms with Crippen molar-refractivity contribution in [3.8, 4) is 0 Å². The summed E-state index contributed by atoms with van der Waals surface area (Å²) >= 11 is 0. The number of likely N-dealkylation sites (tertiary alicyclic amines) is 1. The van der Waals surface area contributed by atoms with Crippen molar-refractivity contribution in [1.82, 2.24) is 4.90 Å². The van der Waals surface area contributed by atoms with Gasteiger partial charge in [0.1, 0.15) is 17.1 Å². The number of benzene rings is 1. The minimum atomic E-state index is -0.949. The van der Waals surface area contributed by atoms with Gasteiger partial charge in [0.2, 0.25) is 0 Å². The van der Waals surface area contributed by atoms with Crippen LogP contribution in [-0.2, 0) is 13.0 Å². The zero-order valence-electron chi connectivity index (χ0n) is 12.9. The molecule has 0 unspecified atom stereocenters. The Hall–Kier alpha value is -2.14. The molecule has 1 fully saturated rings. The second-order valence-corrected chi connectivity index (χ2v) is 6.12. The van der Waals surface area contributed by atoms with Crippen LogP contribution in [0.5, 0.6) is 0 Å². The van der Waals surface area contributed by atoms with Crippen molar-refractivity contribution in [2.24, 2.45) is 5.92 Å². The molecule has 0 saturated carbocycles. The third-order valence-electron chi connectivity index (χ3n) is 4.46. The first-order chi connectivity index (χ1) is 11.1. The van der Waals surface area contributed by atoms with Gasteiger partial charge >= 0.3 is 5.97 Å². The zero-order valence-corrected chi connectivity index (χ0v) is 12.9. The van der Waals surface area contributed by atoms with Crippen LogP contribution >= 0.6 is 0 Å². The van der Waals surface area contributed by atoms with Crippen molar-refractivity contribution in [3.05, 3.63) is 59.3 Å². The highest BCUT2D eigenvalue weighted by molar-refractivity contribution is 5.88. The van der Waals surface area contributed by atoms with Gasteiger partial charge in [-0.05, 0) is 62.0 Å². The fourth-order valence-electron chi connectivity index (χ4n) is 3.20. The van der Waals surface area contributed by atoms with Gasteiger partial charge in [0.15, 0.2) is 0 Å². The summed E-state index contributed by atoms with van der Waals surface area (Å²) in [5, 5.41) is 9.10. The first-order valence-corrected chi connectivity index (χ1v) is 7.88. The largest absolute Gasteiger partial charge is 0.478 e. The number of furan rings is 1. The van der Waals surface area contributed by atoms with E-state index >= 15 is 0 Å². The topological polar surface area (TPSA) is 53.7 Å². The number of piperidine rings is 1. The summed E-state index contributed by atoms with van der Waals surface area (Å²) in [4.78, 5) is 13.3. The van der Waals surface area contributed by atoms with Crippen LogP contribution in [0.2, 0.25) is 0 Å². The van der Waals surface area contributed by atoms with Crippen LogP contribution in [0.1, 0.15) is 34.5 Å². The molecule has 1 aromatic heterocycles. The van der Waals surface area contributed by atoms with Crippen LogP contribution in [0, 0.1) is 11.7 Å². The van der Waals surface area contributed by atoms with Gasteiger partial charge in [-0.1, -0.05) is 12.1 Å². The van der Waals surface area contributed by atoms with Crippen LogP contribution in [0.3, 0.4) is 0 Å².